The summed E-state index contributed by atoms with van der Waals surface area (Å²) in [7, 11) is 0. The Balaban J connectivity index is 2.59. The summed E-state index contributed by atoms with van der Waals surface area (Å²) < 4.78 is 13.3. The van der Waals surface area contributed by atoms with E-state index < -0.39 is 23.2 Å². The van der Waals surface area contributed by atoms with Gasteiger partial charge in [0.1, 0.15) is 11.4 Å². The second-order valence-corrected chi connectivity index (χ2v) is 4.77. The van der Waals surface area contributed by atoms with E-state index in [0.717, 1.165) is 0 Å². The van der Waals surface area contributed by atoms with E-state index in [1.54, 1.807) is 6.07 Å². The maximum absolute atomic E-state index is 13.3. The zero-order chi connectivity index (χ0) is 15.2. The third kappa shape index (κ3) is 4.31. The lowest BCUT2D eigenvalue weighted by Gasteiger charge is -2.25. The number of nitrogens with one attached hydrogen (secondary N) is 2. The highest BCUT2D eigenvalue weighted by molar-refractivity contribution is 5.93. The number of carboxylic acid groups (broad SMARTS) is 1. The van der Waals surface area contributed by atoms with Gasteiger partial charge in [0.05, 0.1) is 12.2 Å². The van der Waals surface area contributed by atoms with Gasteiger partial charge in [0.2, 0.25) is 5.91 Å². The number of aliphatic carboxylic acids is 1. The lowest BCUT2D eigenvalue weighted by molar-refractivity contribution is -0.144. The molecule has 1 atom stereocenters. The van der Waals surface area contributed by atoms with Crippen molar-refractivity contribution in [2.45, 2.75) is 32.2 Å². The van der Waals surface area contributed by atoms with Crippen LogP contribution in [0.3, 0.4) is 0 Å². The van der Waals surface area contributed by atoms with E-state index in [0.29, 0.717) is 12.8 Å². The predicted molar refractivity (Wildman–Crippen MR) is 74.0 cm³/mol. The molecule has 1 amide bonds. The van der Waals surface area contributed by atoms with Crippen molar-refractivity contribution in [1.82, 2.24) is 5.32 Å². The molecule has 0 aliphatic rings. The fourth-order valence-corrected chi connectivity index (χ4v) is 1.80. The highest BCUT2D eigenvalue weighted by Crippen LogP contribution is 2.14. The highest BCUT2D eigenvalue weighted by atomic mass is 19.1. The van der Waals surface area contributed by atoms with Crippen LogP contribution in [0.2, 0.25) is 0 Å². The average molecular weight is 282 g/mol. The van der Waals surface area contributed by atoms with Crippen LogP contribution in [0.4, 0.5) is 10.1 Å². The summed E-state index contributed by atoms with van der Waals surface area (Å²) in [6.45, 7) is 3.19. The standard InChI is InChI=1S/C14H19FN2O3/c1-3-8-14(2,13(19)20)16-9-12(18)17-11-7-5-4-6-10(11)15/h4-7,16H,3,8-9H2,1-2H3,(H,17,18)(H,19,20). The normalized spacial score (nSPS) is 13.6. The van der Waals surface area contributed by atoms with E-state index >= 15 is 0 Å². The predicted octanol–water partition coefficient (Wildman–Crippen LogP) is 2.00. The van der Waals surface area contributed by atoms with Crippen LogP contribution >= 0.6 is 0 Å². The number of anilines is 1. The van der Waals surface area contributed by atoms with Crippen LogP contribution in [0.5, 0.6) is 0 Å². The van der Waals surface area contributed by atoms with Crippen LogP contribution in [0, 0.1) is 5.82 Å². The van der Waals surface area contributed by atoms with Gasteiger partial charge < -0.3 is 10.4 Å². The van der Waals surface area contributed by atoms with Gasteiger partial charge in [0, 0.05) is 0 Å². The molecule has 110 valence electrons. The Hall–Kier alpha value is -1.95. The monoisotopic (exact) mass is 282 g/mol. The third-order valence-corrected chi connectivity index (χ3v) is 3.01. The van der Waals surface area contributed by atoms with E-state index in [4.69, 9.17) is 5.11 Å². The van der Waals surface area contributed by atoms with E-state index in [-0.39, 0.29) is 12.2 Å². The van der Waals surface area contributed by atoms with Gasteiger partial charge in [-0.3, -0.25) is 14.9 Å². The maximum atomic E-state index is 13.3. The first-order valence-electron chi connectivity index (χ1n) is 6.42. The molecule has 0 aliphatic carbocycles. The molecule has 1 aromatic rings. The lowest BCUT2D eigenvalue weighted by atomic mass is 9.96. The van der Waals surface area contributed by atoms with Gasteiger partial charge in [-0.2, -0.15) is 0 Å². The van der Waals surface area contributed by atoms with Gasteiger partial charge in [0.25, 0.3) is 0 Å². The number of rotatable bonds is 7. The van der Waals surface area contributed by atoms with Crippen LogP contribution in [0.15, 0.2) is 24.3 Å². The van der Waals surface area contributed by atoms with E-state index in [1.807, 2.05) is 6.92 Å². The van der Waals surface area contributed by atoms with Crippen LogP contribution in [-0.4, -0.2) is 29.1 Å². The molecule has 0 saturated heterocycles. The molecule has 0 aliphatic heterocycles. The number of carbonyl (C=O) groups is 2. The summed E-state index contributed by atoms with van der Waals surface area (Å²) in [4.78, 5) is 22.9. The number of carboxylic acids is 1. The third-order valence-electron chi connectivity index (χ3n) is 3.01. The molecule has 0 radical (unpaired) electrons. The van der Waals surface area contributed by atoms with E-state index in [1.165, 1.54) is 25.1 Å². The molecule has 0 fully saturated rings. The summed E-state index contributed by atoms with van der Waals surface area (Å²) in [5, 5.41) is 14.3. The smallest absolute Gasteiger partial charge is 0.323 e. The zero-order valence-electron chi connectivity index (χ0n) is 11.6. The number of hydrogen-bond acceptors (Lipinski definition) is 3. The number of amides is 1. The first kappa shape index (κ1) is 16.1. The first-order chi connectivity index (χ1) is 9.39. The number of benzene rings is 1. The molecular weight excluding hydrogens is 263 g/mol. The molecule has 5 nitrogen and oxygen atoms in total. The van der Waals surface area contributed by atoms with Gasteiger partial charge >= 0.3 is 5.97 Å². The van der Waals surface area contributed by atoms with Crippen LogP contribution in [0.1, 0.15) is 26.7 Å². The van der Waals surface area contributed by atoms with Crippen LogP contribution < -0.4 is 10.6 Å². The number of halogens is 1. The molecular formula is C14H19FN2O3. The summed E-state index contributed by atoms with van der Waals surface area (Å²) in [5.74, 6) is -2.04. The Morgan fingerprint density at radius 3 is 2.55 bits per heavy atom. The number of para-hydroxylation sites is 1. The number of hydrogen-bond donors (Lipinski definition) is 3. The van der Waals surface area contributed by atoms with Crippen LogP contribution in [0.25, 0.3) is 0 Å². The lowest BCUT2D eigenvalue weighted by Crippen LogP contribution is -2.51. The minimum absolute atomic E-state index is 0.0758. The minimum Gasteiger partial charge on any atom is -0.480 e. The van der Waals surface area contributed by atoms with Crippen molar-refractivity contribution >= 4 is 17.6 Å². The van der Waals surface area contributed by atoms with Crippen molar-refractivity contribution in [3.8, 4) is 0 Å². The largest absolute Gasteiger partial charge is 0.480 e. The molecule has 1 unspecified atom stereocenters. The van der Waals surface area contributed by atoms with Crippen molar-refractivity contribution in [2.24, 2.45) is 0 Å². The van der Waals surface area contributed by atoms with E-state index in [9.17, 15) is 14.0 Å². The maximum Gasteiger partial charge on any atom is 0.323 e. The topological polar surface area (TPSA) is 78.4 Å². The molecule has 0 heterocycles. The SMILES string of the molecule is CCCC(C)(NCC(=O)Nc1ccccc1F)C(=O)O. The Bertz CT molecular complexity index is 493. The van der Waals surface area contributed by atoms with Crippen LogP contribution in [-0.2, 0) is 9.59 Å². The van der Waals surface area contributed by atoms with Gasteiger partial charge in [0.15, 0.2) is 0 Å². The molecule has 0 aromatic heterocycles. The summed E-state index contributed by atoms with van der Waals surface area (Å²) in [6, 6.07) is 5.80. The molecule has 3 N–H and O–H groups in total. The summed E-state index contributed by atoms with van der Waals surface area (Å²) in [5.41, 5.74) is -1.09. The molecule has 6 heteroatoms. The van der Waals surface area contributed by atoms with Crippen molar-refractivity contribution in [3.63, 3.8) is 0 Å². The molecule has 1 rings (SSSR count). The minimum atomic E-state index is -1.17. The van der Waals surface area contributed by atoms with Gasteiger partial charge in [-0.1, -0.05) is 25.5 Å². The van der Waals surface area contributed by atoms with Crippen molar-refractivity contribution in [2.75, 3.05) is 11.9 Å². The summed E-state index contributed by atoms with van der Waals surface area (Å²) >= 11 is 0. The number of carbonyl (C=O) groups excluding carboxylic acids is 1. The fraction of sp³-hybridized carbons (Fsp3) is 0.429. The van der Waals surface area contributed by atoms with E-state index in [2.05, 4.69) is 10.6 Å². The van der Waals surface area contributed by atoms with Gasteiger partial charge in [-0.15, -0.1) is 0 Å². The molecule has 0 spiro atoms. The molecule has 1 aromatic carbocycles. The summed E-state index contributed by atoms with van der Waals surface area (Å²) in [6.07, 6.45) is 1.07. The van der Waals surface area contributed by atoms with Crippen molar-refractivity contribution in [1.29, 1.82) is 0 Å². The average Bonchev–Trinajstić information content (AvgIpc) is 2.39. The van der Waals surface area contributed by atoms with Crippen molar-refractivity contribution < 1.29 is 19.1 Å². The Morgan fingerprint density at radius 2 is 2.00 bits per heavy atom. The second-order valence-electron chi connectivity index (χ2n) is 4.77. The Morgan fingerprint density at radius 1 is 1.35 bits per heavy atom. The zero-order valence-corrected chi connectivity index (χ0v) is 11.6. The second kappa shape index (κ2) is 7.00. The molecule has 0 saturated carbocycles. The molecule has 20 heavy (non-hydrogen) atoms. The fourth-order valence-electron chi connectivity index (χ4n) is 1.80. The Labute approximate surface area is 117 Å². The molecule has 0 bridgehead atoms. The van der Waals surface area contributed by atoms with Gasteiger partial charge in [-0.05, 0) is 25.5 Å². The Kier molecular flexibility index (Phi) is 5.64. The van der Waals surface area contributed by atoms with Gasteiger partial charge in [-0.25, -0.2) is 4.39 Å². The quantitative estimate of drug-likeness (QED) is 0.714. The van der Waals surface area contributed by atoms with Crippen molar-refractivity contribution in [3.05, 3.63) is 30.1 Å². The first-order valence-corrected chi connectivity index (χ1v) is 6.42. The highest BCUT2D eigenvalue weighted by Gasteiger charge is 2.31.